The van der Waals surface area contributed by atoms with E-state index in [1.165, 1.54) is 31.4 Å². The van der Waals surface area contributed by atoms with Crippen molar-refractivity contribution in [1.82, 2.24) is 9.88 Å². The molecule has 0 radical (unpaired) electrons. The number of methoxy groups -OCH3 is 1. The van der Waals surface area contributed by atoms with Crippen molar-refractivity contribution in [3.05, 3.63) is 111 Å². The van der Waals surface area contributed by atoms with E-state index in [1.54, 1.807) is 18.2 Å². The van der Waals surface area contributed by atoms with E-state index in [2.05, 4.69) is 11.9 Å². The number of carbonyl (C=O) groups excluding carboxylic acids is 1. The van der Waals surface area contributed by atoms with Gasteiger partial charge in [-0.15, -0.1) is 0 Å². The lowest BCUT2D eigenvalue weighted by Gasteiger charge is -2.22. The summed E-state index contributed by atoms with van der Waals surface area (Å²) in [5, 5.41) is 3.64. The van der Waals surface area contributed by atoms with Gasteiger partial charge in [0.05, 0.1) is 23.2 Å². The zero-order valence-corrected chi connectivity index (χ0v) is 21.2. The Kier molecular flexibility index (Phi) is 7.01. The molecular formula is C27H23ClN2O5S. The summed E-state index contributed by atoms with van der Waals surface area (Å²) in [5.74, 6) is -0.231. The smallest absolute Gasteiger partial charge is 0.251 e. The van der Waals surface area contributed by atoms with Gasteiger partial charge in [-0.25, -0.2) is 8.42 Å². The zero-order chi connectivity index (χ0) is 26.0. The normalized spacial score (nSPS) is 11.3. The maximum Gasteiger partial charge on any atom is 0.251 e. The molecule has 0 aliphatic heterocycles. The van der Waals surface area contributed by atoms with Crippen LogP contribution in [-0.2, 0) is 21.1 Å². The number of benzene rings is 3. The van der Waals surface area contributed by atoms with Gasteiger partial charge >= 0.3 is 0 Å². The third-order valence-corrected chi connectivity index (χ3v) is 7.09. The third kappa shape index (κ3) is 4.91. The van der Waals surface area contributed by atoms with Gasteiger partial charge in [-0.1, -0.05) is 36.4 Å². The summed E-state index contributed by atoms with van der Waals surface area (Å²) in [7, 11) is -1.93. The van der Waals surface area contributed by atoms with E-state index in [-0.39, 0.29) is 33.8 Å². The topological polar surface area (TPSA) is 94.5 Å². The number of aromatic nitrogens is 1. The Morgan fingerprint density at radius 1 is 1.06 bits per heavy atom. The number of halogens is 1. The number of ether oxygens (including phenoxy) is 1. The van der Waals surface area contributed by atoms with Crippen molar-refractivity contribution in [3.8, 4) is 5.69 Å². The molecule has 0 spiro atoms. The Bertz CT molecular complexity index is 1640. The summed E-state index contributed by atoms with van der Waals surface area (Å²) in [6.45, 7) is 3.88. The average molecular weight is 523 g/mol. The second-order valence-electron chi connectivity index (χ2n) is 8.10. The molecule has 4 rings (SSSR count). The third-order valence-electron chi connectivity index (χ3n) is 5.72. The average Bonchev–Trinajstić information content (AvgIpc) is 2.87. The van der Waals surface area contributed by atoms with Crippen LogP contribution in [0.1, 0.15) is 21.6 Å². The molecule has 0 unspecified atom stereocenters. The number of nitrogens with zero attached hydrogens (tertiary/aromatic N) is 1. The van der Waals surface area contributed by atoms with Crippen LogP contribution in [0, 0.1) is 0 Å². The summed E-state index contributed by atoms with van der Waals surface area (Å²) in [5.41, 5.74) is 1.96. The number of hydrogen-bond donors (Lipinski definition) is 1. The minimum Gasteiger partial charge on any atom is -0.495 e. The highest BCUT2D eigenvalue weighted by Gasteiger charge is 2.22. The summed E-state index contributed by atoms with van der Waals surface area (Å²) in [6, 6.07) is 19.9. The van der Waals surface area contributed by atoms with Gasteiger partial charge in [0.1, 0.15) is 5.76 Å². The fraction of sp³-hybridized carbons (Fsp3) is 0.111. The minimum absolute atomic E-state index is 0.108. The van der Waals surface area contributed by atoms with Crippen molar-refractivity contribution in [2.24, 2.45) is 0 Å². The molecular weight excluding hydrogens is 500 g/mol. The van der Waals surface area contributed by atoms with E-state index in [0.717, 1.165) is 11.9 Å². The van der Waals surface area contributed by atoms with Crippen LogP contribution in [0.2, 0.25) is 5.02 Å². The van der Waals surface area contributed by atoms with Crippen LogP contribution < -0.4 is 10.7 Å². The van der Waals surface area contributed by atoms with Crippen LogP contribution >= 0.6 is 11.6 Å². The summed E-state index contributed by atoms with van der Waals surface area (Å²) in [4.78, 5) is 26.6. The van der Waals surface area contributed by atoms with Gasteiger partial charge < -0.3 is 14.6 Å². The van der Waals surface area contributed by atoms with E-state index in [0.29, 0.717) is 21.6 Å². The molecule has 0 saturated carbocycles. The molecule has 0 fully saturated rings. The molecule has 3 aromatic carbocycles. The van der Waals surface area contributed by atoms with Gasteiger partial charge in [-0.2, -0.15) is 0 Å². The van der Waals surface area contributed by atoms with E-state index in [9.17, 15) is 18.0 Å². The number of rotatable bonds is 7. The second-order valence-corrected chi connectivity index (χ2v) is 10.5. The van der Waals surface area contributed by atoms with Crippen LogP contribution in [0.15, 0.2) is 89.1 Å². The molecule has 36 heavy (non-hydrogen) atoms. The standard InChI is InChI=1S/C27H23ClN2O5S/c1-17(35-2)25-23(16-29-27(32)18-9-12-21(13-10-18)36(3,33)34)26(31)22-14-11-19(28)15-24(22)30(25)20-7-5-4-6-8-20/h4-15H,1,16H2,2-3H3,(H,29,32). The Balaban J connectivity index is 1.84. The number of pyridine rings is 1. The Morgan fingerprint density at radius 3 is 2.33 bits per heavy atom. The van der Waals surface area contributed by atoms with Crippen LogP contribution in [0.4, 0.5) is 0 Å². The van der Waals surface area contributed by atoms with Crippen molar-refractivity contribution < 1.29 is 17.9 Å². The maximum atomic E-state index is 13.6. The maximum absolute atomic E-state index is 13.6. The molecule has 9 heteroatoms. The van der Waals surface area contributed by atoms with Crippen molar-refractivity contribution >= 4 is 44.0 Å². The van der Waals surface area contributed by atoms with Gasteiger partial charge in [0.15, 0.2) is 15.3 Å². The predicted molar refractivity (Wildman–Crippen MR) is 141 cm³/mol. The minimum atomic E-state index is -3.39. The molecule has 0 bridgehead atoms. The molecule has 0 saturated heterocycles. The quantitative estimate of drug-likeness (QED) is 0.358. The molecule has 1 aromatic heterocycles. The highest BCUT2D eigenvalue weighted by atomic mass is 35.5. The van der Waals surface area contributed by atoms with Gasteiger partial charge in [-0.3, -0.25) is 9.59 Å². The van der Waals surface area contributed by atoms with Gasteiger partial charge in [0.25, 0.3) is 5.91 Å². The van der Waals surface area contributed by atoms with Crippen molar-refractivity contribution in [1.29, 1.82) is 0 Å². The molecule has 1 N–H and O–H groups in total. The van der Waals surface area contributed by atoms with Gasteiger partial charge in [-0.05, 0) is 54.6 Å². The Morgan fingerprint density at radius 2 is 1.72 bits per heavy atom. The van der Waals surface area contributed by atoms with E-state index < -0.39 is 15.7 Å². The Labute approximate surface area is 213 Å². The van der Waals surface area contributed by atoms with Crippen LogP contribution in [-0.4, -0.2) is 32.3 Å². The van der Waals surface area contributed by atoms with E-state index in [4.69, 9.17) is 16.3 Å². The number of amides is 1. The number of hydrogen-bond acceptors (Lipinski definition) is 5. The second kappa shape index (κ2) is 10.0. The molecule has 4 aromatic rings. The largest absolute Gasteiger partial charge is 0.495 e. The molecule has 184 valence electrons. The van der Waals surface area contributed by atoms with Crippen LogP contribution in [0.5, 0.6) is 0 Å². The SMILES string of the molecule is C=C(OC)c1c(CNC(=O)c2ccc(S(C)(=O)=O)cc2)c(=O)c2ccc(Cl)cc2n1-c1ccccc1. The first-order chi connectivity index (χ1) is 17.1. The number of para-hydroxylation sites is 1. The number of sulfone groups is 1. The molecule has 1 heterocycles. The Hall–Kier alpha value is -3.88. The fourth-order valence-corrected chi connectivity index (χ4v) is 4.73. The lowest BCUT2D eigenvalue weighted by Crippen LogP contribution is -2.29. The van der Waals surface area contributed by atoms with E-state index in [1.807, 2.05) is 34.9 Å². The summed E-state index contributed by atoms with van der Waals surface area (Å²) < 4.78 is 30.7. The highest BCUT2D eigenvalue weighted by Crippen LogP contribution is 2.28. The monoisotopic (exact) mass is 522 g/mol. The fourth-order valence-electron chi connectivity index (χ4n) is 3.93. The summed E-state index contributed by atoms with van der Waals surface area (Å²) >= 11 is 6.28. The lowest BCUT2D eigenvalue weighted by atomic mass is 10.0. The number of nitrogens with one attached hydrogen (secondary N) is 1. The van der Waals surface area contributed by atoms with Crippen LogP contribution in [0.25, 0.3) is 22.3 Å². The first-order valence-corrected chi connectivity index (χ1v) is 13.1. The zero-order valence-electron chi connectivity index (χ0n) is 19.6. The molecule has 1 amide bonds. The van der Waals surface area contributed by atoms with Gasteiger partial charge in [0.2, 0.25) is 0 Å². The van der Waals surface area contributed by atoms with E-state index >= 15 is 0 Å². The molecule has 7 nitrogen and oxygen atoms in total. The number of carbonyl (C=O) groups is 1. The molecule has 0 atom stereocenters. The van der Waals surface area contributed by atoms with Crippen LogP contribution in [0.3, 0.4) is 0 Å². The molecule has 0 aliphatic rings. The number of fused-ring (bicyclic) bond motifs is 1. The van der Waals surface area contributed by atoms with Crippen molar-refractivity contribution in [3.63, 3.8) is 0 Å². The van der Waals surface area contributed by atoms with Gasteiger partial charge in [0, 0.05) is 40.0 Å². The first kappa shape index (κ1) is 25.2. The van der Waals surface area contributed by atoms with Crippen molar-refractivity contribution in [2.45, 2.75) is 11.4 Å². The first-order valence-electron chi connectivity index (χ1n) is 10.9. The lowest BCUT2D eigenvalue weighted by molar-refractivity contribution is 0.0950. The highest BCUT2D eigenvalue weighted by molar-refractivity contribution is 7.90. The predicted octanol–water partition coefficient (Wildman–Crippen LogP) is 4.59. The van der Waals surface area contributed by atoms with Crippen molar-refractivity contribution in [2.75, 3.05) is 13.4 Å². The summed E-state index contributed by atoms with van der Waals surface area (Å²) in [6.07, 6.45) is 1.09. The molecule has 0 aliphatic carbocycles.